The van der Waals surface area contributed by atoms with Crippen LogP contribution in [0.5, 0.6) is 0 Å². The van der Waals surface area contributed by atoms with E-state index in [0.29, 0.717) is 17.7 Å². The number of rotatable bonds is 3. The van der Waals surface area contributed by atoms with E-state index in [2.05, 4.69) is 10.1 Å². The number of halogens is 1. The molecule has 0 saturated carbocycles. The highest BCUT2D eigenvalue weighted by Gasteiger charge is 2.15. The molecule has 0 amide bonds. The smallest absolute Gasteiger partial charge is 0.356 e. The molecule has 0 atom stereocenters. The third-order valence-corrected chi connectivity index (χ3v) is 2.67. The van der Waals surface area contributed by atoms with Crippen LogP contribution < -0.4 is 0 Å². The maximum Gasteiger partial charge on any atom is 0.356 e. The molecule has 2 aromatic heterocycles. The molecule has 0 aliphatic heterocycles. The molecule has 0 aliphatic rings. The lowest BCUT2D eigenvalue weighted by atomic mass is 10.2. The summed E-state index contributed by atoms with van der Waals surface area (Å²) in [5.74, 6) is -1.14. The molecule has 2 heterocycles. The number of aromatic nitrogens is 3. The van der Waals surface area contributed by atoms with E-state index >= 15 is 0 Å². The van der Waals surface area contributed by atoms with E-state index in [-0.39, 0.29) is 16.3 Å². The molecule has 18 heavy (non-hydrogen) atoms. The van der Waals surface area contributed by atoms with Gasteiger partial charge in [0.05, 0.1) is 22.5 Å². The van der Waals surface area contributed by atoms with Gasteiger partial charge in [-0.05, 0) is 13.0 Å². The highest BCUT2D eigenvalue weighted by atomic mass is 35.5. The second kappa shape index (κ2) is 4.58. The second-order valence-electron chi connectivity index (χ2n) is 3.56. The van der Waals surface area contributed by atoms with Gasteiger partial charge < -0.3 is 5.11 Å². The number of hydrogen-bond donors (Lipinski definition) is 1. The minimum absolute atomic E-state index is 0.107. The van der Waals surface area contributed by atoms with Crippen molar-refractivity contribution in [3.63, 3.8) is 0 Å². The molecule has 0 saturated heterocycles. The van der Waals surface area contributed by atoms with Crippen LogP contribution >= 0.6 is 11.6 Å². The third-order valence-electron chi connectivity index (χ3n) is 2.37. The van der Waals surface area contributed by atoms with Crippen molar-refractivity contribution in [3.8, 4) is 5.69 Å². The number of carbonyl (C=O) groups is 2. The molecule has 0 fully saturated rings. The van der Waals surface area contributed by atoms with Gasteiger partial charge in [0.25, 0.3) is 0 Å². The van der Waals surface area contributed by atoms with Crippen LogP contribution in [0.4, 0.5) is 0 Å². The Kier molecular flexibility index (Phi) is 3.12. The summed E-state index contributed by atoms with van der Waals surface area (Å²) in [5.41, 5.74) is 1.03. The molecule has 0 aromatic carbocycles. The van der Waals surface area contributed by atoms with Gasteiger partial charge in [-0.2, -0.15) is 5.10 Å². The Hall–Kier alpha value is -2.21. The number of pyridine rings is 1. The van der Waals surface area contributed by atoms with Crippen molar-refractivity contribution in [2.45, 2.75) is 6.92 Å². The average Bonchev–Trinajstić information content (AvgIpc) is 2.71. The Morgan fingerprint density at radius 1 is 1.50 bits per heavy atom. The first-order valence-electron chi connectivity index (χ1n) is 4.93. The van der Waals surface area contributed by atoms with E-state index in [1.807, 2.05) is 0 Å². The van der Waals surface area contributed by atoms with Crippen molar-refractivity contribution < 1.29 is 14.7 Å². The van der Waals surface area contributed by atoms with Crippen molar-refractivity contribution in [1.29, 1.82) is 0 Å². The van der Waals surface area contributed by atoms with Gasteiger partial charge >= 0.3 is 5.97 Å². The topological polar surface area (TPSA) is 85.1 Å². The van der Waals surface area contributed by atoms with Gasteiger partial charge in [-0.1, -0.05) is 11.6 Å². The zero-order valence-corrected chi connectivity index (χ0v) is 10.0. The van der Waals surface area contributed by atoms with Crippen LogP contribution in [0, 0.1) is 6.92 Å². The molecule has 1 N–H and O–H groups in total. The minimum Gasteiger partial charge on any atom is -0.476 e. The highest BCUT2D eigenvalue weighted by Crippen LogP contribution is 2.21. The van der Waals surface area contributed by atoms with E-state index in [0.717, 1.165) is 0 Å². The van der Waals surface area contributed by atoms with E-state index in [4.69, 9.17) is 16.7 Å². The minimum atomic E-state index is -1.14. The largest absolute Gasteiger partial charge is 0.476 e. The number of aromatic carboxylic acids is 1. The third kappa shape index (κ3) is 1.98. The van der Waals surface area contributed by atoms with Crippen LogP contribution in [0.1, 0.15) is 26.5 Å². The summed E-state index contributed by atoms with van der Waals surface area (Å²) < 4.78 is 1.33. The summed E-state index contributed by atoms with van der Waals surface area (Å²) in [6.45, 7) is 1.68. The number of carboxylic acid groups (broad SMARTS) is 1. The number of nitrogens with zero attached hydrogens (tertiary/aromatic N) is 3. The zero-order valence-electron chi connectivity index (χ0n) is 9.29. The van der Waals surface area contributed by atoms with E-state index in [1.54, 1.807) is 6.92 Å². The Bertz CT molecular complexity index is 636. The summed E-state index contributed by atoms with van der Waals surface area (Å²) >= 11 is 5.85. The lowest BCUT2D eigenvalue weighted by Gasteiger charge is -2.07. The van der Waals surface area contributed by atoms with Gasteiger partial charge in [0.2, 0.25) is 0 Å². The van der Waals surface area contributed by atoms with Crippen LogP contribution in [-0.2, 0) is 0 Å². The number of aldehydes is 1. The molecule has 6 nitrogen and oxygen atoms in total. The first kappa shape index (κ1) is 12.3. The summed E-state index contributed by atoms with van der Waals surface area (Å²) in [6, 6.07) is 1.40. The summed E-state index contributed by atoms with van der Waals surface area (Å²) in [5, 5.41) is 12.9. The van der Waals surface area contributed by atoms with Crippen LogP contribution in [0.25, 0.3) is 5.69 Å². The van der Waals surface area contributed by atoms with Crippen LogP contribution in [0.2, 0.25) is 5.02 Å². The Morgan fingerprint density at radius 2 is 2.22 bits per heavy atom. The maximum atomic E-state index is 11.0. The summed E-state index contributed by atoms with van der Waals surface area (Å²) in [4.78, 5) is 25.7. The Balaban J connectivity index is 2.65. The van der Waals surface area contributed by atoms with Gasteiger partial charge in [-0.25, -0.2) is 9.48 Å². The van der Waals surface area contributed by atoms with E-state index in [9.17, 15) is 9.59 Å². The predicted molar refractivity (Wildman–Crippen MR) is 63.5 cm³/mol. The maximum absolute atomic E-state index is 11.0. The van der Waals surface area contributed by atoms with Crippen molar-refractivity contribution in [2.24, 2.45) is 0 Å². The fraction of sp³-hybridized carbons (Fsp3) is 0.0909. The Morgan fingerprint density at radius 3 is 2.78 bits per heavy atom. The van der Waals surface area contributed by atoms with Crippen molar-refractivity contribution in [1.82, 2.24) is 14.8 Å². The van der Waals surface area contributed by atoms with Crippen LogP contribution in [-0.4, -0.2) is 32.1 Å². The quantitative estimate of drug-likeness (QED) is 0.855. The molecular formula is C11H8ClN3O3. The lowest BCUT2D eigenvalue weighted by molar-refractivity contribution is 0.0690. The molecule has 0 bridgehead atoms. The van der Waals surface area contributed by atoms with E-state index < -0.39 is 5.97 Å². The molecule has 0 radical (unpaired) electrons. The van der Waals surface area contributed by atoms with Crippen LogP contribution in [0.3, 0.4) is 0 Å². The second-order valence-corrected chi connectivity index (χ2v) is 3.97. The van der Waals surface area contributed by atoms with Gasteiger partial charge in [-0.3, -0.25) is 9.78 Å². The van der Waals surface area contributed by atoms with Crippen LogP contribution in [0.15, 0.2) is 18.5 Å². The number of hydrogen-bond acceptors (Lipinski definition) is 4. The van der Waals surface area contributed by atoms with Gasteiger partial charge in [-0.15, -0.1) is 0 Å². The SMILES string of the molecule is Cc1cc(C(=O)O)nn1-c1cncc(Cl)c1C=O. The molecule has 0 aliphatic carbocycles. The highest BCUT2D eigenvalue weighted by molar-refractivity contribution is 6.33. The monoisotopic (exact) mass is 265 g/mol. The van der Waals surface area contributed by atoms with Crippen molar-refractivity contribution in [3.05, 3.63) is 40.4 Å². The molecular weight excluding hydrogens is 258 g/mol. The fourth-order valence-electron chi connectivity index (χ4n) is 1.54. The molecule has 0 unspecified atom stereocenters. The normalized spacial score (nSPS) is 10.3. The first-order valence-corrected chi connectivity index (χ1v) is 5.31. The molecule has 7 heteroatoms. The average molecular weight is 266 g/mol. The molecule has 2 aromatic rings. The standard InChI is InChI=1S/C11H8ClN3O3/c1-6-2-9(11(17)18)14-15(6)10-4-13-3-8(12)7(10)5-16/h2-5H,1H3,(H,17,18). The van der Waals surface area contributed by atoms with Gasteiger partial charge in [0.1, 0.15) is 0 Å². The Labute approximate surface area is 107 Å². The first-order chi connectivity index (χ1) is 8.54. The summed E-state index contributed by atoms with van der Waals surface area (Å²) in [7, 11) is 0. The zero-order chi connectivity index (χ0) is 13.3. The fourth-order valence-corrected chi connectivity index (χ4v) is 1.74. The molecule has 92 valence electrons. The summed E-state index contributed by atoms with van der Waals surface area (Å²) in [6.07, 6.45) is 3.33. The number of carboxylic acids is 1. The van der Waals surface area contributed by atoms with Crippen molar-refractivity contribution >= 4 is 23.9 Å². The van der Waals surface area contributed by atoms with Gasteiger partial charge in [0, 0.05) is 11.9 Å². The number of aryl methyl sites for hydroxylation is 1. The molecule has 2 rings (SSSR count). The number of carbonyl (C=O) groups excluding carboxylic acids is 1. The lowest BCUT2D eigenvalue weighted by Crippen LogP contribution is -2.06. The van der Waals surface area contributed by atoms with Gasteiger partial charge in [0.15, 0.2) is 12.0 Å². The predicted octanol–water partition coefficient (Wildman–Crippen LogP) is 1.74. The molecule has 0 spiro atoms. The van der Waals surface area contributed by atoms with E-state index in [1.165, 1.54) is 23.1 Å². The van der Waals surface area contributed by atoms with Crippen molar-refractivity contribution in [2.75, 3.05) is 0 Å².